The van der Waals surface area contributed by atoms with E-state index in [0.29, 0.717) is 18.9 Å². The van der Waals surface area contributed by atoms with E-state index in [4.69, 9.17) is 4.74 Å². The van der Waals surface area contributed by atoms with Crippen molar-refractivity contribution in [1.82, 2.24) is 10.3 Å². The van der Waals surface area contributed by atoms with Gasteiger partial charge in [0.2, 0.25) is 0 Å². The van der Waals surface area contributed by atoms with Crippen molar-refractivity contribution in [3.8, 4) is 0 Å². The van der Waals surface area contributed by atoms with Crippen LogP contribution in [0.15, 0.2) is 22.9 Å². The van der Waals surface area contributed by atoms with Crippen molar-refractivity contribution in [1.29, 1.82) is 0 Å². The van der Waals surface area contributed by atoms with Gasteiger partial charge in [-0.2, -0.15) is 0 Å². The molecule has 0 saturated heterocycles. The molecule has 0 spiro atoms. The van der Waals surface area contributed by atoms with Crippen LogP contribution in [0.25, 0.3) is 0 Å². The highest BCUT2D eigenvalue weighted by Crippen LogP contribution is 2.47. The van der Waals surface area contributed by atoms with E-state index < -0.39 is 11.7 Å². The lowest BCUT2D eigenvalue weighted by atomic mass is 9.78. The van der Waals surface area contributed by atoms with Crippen molar-refractivity contribution in [2.75, 3.05) is 13.2 Å². The van der Waals surface area contributed by atoms with Crippen LogP contribution in [-0.4, -0.2) is 34.9 Å². The van der Waals surface area contributed by atoms with E-state index in [1.54, 1.807) is 6.20 Å². The van der Waals surface area contributed by atoms with Gasteiger partial charge in [0.05, 0.1) is 6.61 Å². The number of aliphatic hydroxyl groups excluding tert-OH is 1. The summed E-state index contributed by atoms with van der Waals surface area (Å²) in [6, 6.07) is 2.01. The molecule has 1 aromatic heterocycles. The molecule has 0 aromatic carbocycles. The molecule has 0 aliphatic heterocycles. The molecule has 6 heteroatoms. The molecule has 1 aromatic rings. The SMILES string of the molecule is CC(C)(C)OC(=O)NCC(CO)(Cc1cncc(Br)c1)C1CC1. The van der Waals surface area contributed by atoms with E-state index in [1.807, 2.05) is 33.0 Å². The number of hydrogen-bond acceptors (Lipinski definition) is 4. The number of carbonyl (C=O) groups is 1. The molecular formula is C17H25BrN2O3. The number of carbonyl (C=O) groups excluding carboxylic acids is 1. The number of amides is 1. The summed E-state index contributed by atoms with van der Waals surface area (Å²) in [5.74, 6) is 0.418. The topological polar surface area (TPSA) is 71.5 Å². The summed E-state index contributed by atoms with van der Waals surface area (Å²) >= 11 is 3.42. The number of aliphatic hydroxyl groups is 1. The van der Waals surface area contributed by atoms with Crippen molar-refractivity contribution in [2.24, 2.45) is 11.3 Å². The van der Waals surface area contributed by atoms with Gasteiger partial charge in [-0.25, -0.2) is 4.79 Å². The van der Waals surface area contributed by atoms with E-state index in [1.165, 1.54) is 0 Å². The maximum Gasteiger partial charge on any atom is 0.407 e. The van der Waals surface area contributed by atoms with Gasteiger partial charge in [-0.05, 0) is 73.5 Å². The Bertz CT molecular complexity index is 555. The van der Waals surface area contributed by atoms with Gasteiger partial charge in [0.1, 0.15) is 5.60 Å². The van der Waals surface area contributed by atoms with Crippen LogP contribution in [0, 0.1) is 11.3 Å². The van der Waals surface area contributed by atoms with Gasteiger partial charge in [0, 0.05) is 28.8 Å². The molecule has 1 amide bonds. The van der Waals surface area contributed by atoms with Gasteiger partial charge in [0.25, 0.3) is 0 Å². The van der Waals surface area contributed by atoms with E-state index in [2.05, 4.69) is 26.2 Å². The Hall–Kier alpha value is -1.14. The van der Waals surface area contributed by atoms with Gasteiger partial charge in [-0.15, -0.1) is 0 Å². The highest BCUT2D eigenvalue weighted by atomic mass is 79.9. The Morgan fingerprint density at radius 3 is 2.65 bits per heavy atom. The first-order valence-electron chi connectivity index (χ1n) is 7.91. The van der Waals surface area contributed by atoms with Crippen molar-refractivity contribution in [3.05, 3.63) is 28.5 Å². The first-order chi connectivity index (χ1) is 10.7. The lowest BCUT2D eigenvalue weighted by Crippen LogP contribution is -2.44. The maximum atomic E-state index is 11.9. The Morgan fingerprint density at radius 2 is 2.13 bits per heavy atom. The summed E-state index contributed by atoms with van der Waals surface area (Å²) in [5.41, 5.74) is 0.158. The van der Waals surface area contributed by atoms with Crippen LogP contribution in [0.1, 0.15) is 39.2 Å². The fraction of sp³-hybridized carbons (Fsp3) is 0.647. The standard InChI is InChI=1S/C17H25BrN2O3/c1-16(2,3)23-15(22)20-10-17(11-21,13-4-5-13)7-12-6-14(18)9-19-8-12/h6,8-9,13,21H,4-5,7,10-11H2,1-3H3,(H,20,22). The Balaban J connectivity index is 2.05. The molecule has 1 aliphatic carbocycles. The predicted octanol–water partition coefficient (Wildman–Crippen LogP) is 3.30. The number of rotatable bonds is 6. The smallest absolute Gasteiger partial charge is 0.407 e. The molecule has 0 radical (unpaired) electrons. The van der Waals surface area contributed by atoms with E-state index >= 15 is 0 Å². The molecule has 1 fully saturated rings. The normalized spacial score (nSPS) is 17.4. The first kappa shape index (κ1) is 18.2. The van der Waals surface area contributed by atoms with Gasteiger partial charge in [-0.3, -0.25) is 4.98 Å². The zero-order chi connectivity index (χ0) is 17.1. The molecule has 5 nitrogen and oxygen atoms in total. The highest BCUT2D eigenvalue weighted by molar-refractivity contribution is 9.10. The van der Waals surface area contributed by atoms with E-state index in [9.17, 15) is 9.90 Å². The number of aromatic nitrogens is 1. The first-order valence-corrected chi connectivity index (χ1v) is 8.70. The van der Waals surface area contributed by atoms with Crippen LogP contribution in [-0.2, 0) is 11.2 Å². The maximum absolute atomic E-state index is 11.9. The van der Waals surface area contributed by atoms with Gasteiger partial charge >= 0.3 is 6.09 Å². The summed E-state index contributed by atoms with van der Waals surface area (Å²) in [6.07, 6.45) is 5.95. The quantitative estimate of drug-likeness (QED) is 0.788. The second kappa shape index (κ2) is 7.18. The third kappa shape index (κ3) is 5.46. The van der Waals surface area contributed by atoms with Gasteiger partial charge < -0.3 is 15.2 Å². The minimum atomic E-state index is -0.528. The molecule has 0 bridgehead atoms. The fourth-order valence-corrected chi connectivity index (χ4v) is 3.22. The molecular weight excluding hydrogens is 360 g/mol. The van der Waals surface area contributed by atoms with Crippen molar-refractivity contribution >= 4 is 22.0 Å². The van der Waals surface area contributed by atoms with Crippen LogP contribution < -0.4 is 5.32 Å². The van der Waals surface area contributed by atoms with Gasteiger partial charge in [0.15, 0.2) is 0 Å². The van der Waals surface area contributed by atoms with Crippen LogP contribution in [0.4, 0.5) is 4.79 Å². The minimum Gasteiger partial charge on any atom is -0.444 e. The largest absolute Gasteiger partial charge is 0.444 e. The molecule has 1 unspecified atom stereocenters. The zero-order valence-corrected chi connectivity index (χ0v) is 15.5. The molecule has 23 heavy (non-hydrogen) atoms. The monoisotopic (exact) mass is 384 g/mol. The average molecular weight is 385 g/mol. The molecule has 1 saturated carbocycles. The van der Waals surface area contributed by atoms with Gasteiger partial charge in [-0.1, -0.05) is 0 Å². The molecule has 1 heterocycles. The van der Waals surface area contributed by atoms with Crippen molar-refractivity contribution < 1.29 is 14.6 Å². The molecule has 1 aliphatic rings. The molecule has 2 rings (SSSR count). The van der Waals surface area contributed by atoms with Crippen LogP contribution in [0.2, 0.25) is 0 Å². The lowest BCUT2D eigenvalue weighted by Gasteiger charge is -2.33. The van der Waals surface area contributed by atoms with E-state index in [-0.39, 0.29) is 12.0 Å². The predicted molar refractivity (Wildman–Crippen MR) is 92.1 cm³/mol. The third-order valence-electron chi connectivity index (χ3n) is 4.06. The summed E-state index contributed by atoms with van der Waals surface area (Å²) in [5, 5.41) is 12.9. The third-order valence-corrected chi connectivity index (χ3v) is 4.49. The Labute approximate surface area is 146 Å². The highest BCUT2D eigenvalue weighted by Gasteiger charge is 2.45. The number of nitrogens with zero attached hydrogens (tertiary/aromatic N) is 1. The number of alkyl carbamates (subject to hydrolysis) is 1. The fourth-order valence-electron chi connectivity index (χ4n) is 2.81. The summed E-state index contributed by atoms with van der Waals surface area (Å²) < 4.78 is 6.21. The summed E-state index contributed by atoms with van der Waals surface area (Å²) in [4.78, 5) is 16.1. The van der Waals surface area contributed by atoms with Crippen LogP contribution in [0.3, 0.4) is 0 Å². The molecule has 128 valence electrons. The summed E-state index contributed by atoms with van der Waals surface area (Å²) in [6.45, 7) is 5.93. The summed E-state index contributed by atoms with van der Waals surface area (Å²) in [7, 11) is 0. The second-order valence-electron chi connectivity index (χ2n) is 7.34. The zero-order valence-electron chi connectivity index (χ0n) is 13.9. The minimum absolute atomic E-state index is 0.0278. The van der Waals surface area contributed by atoms with Crippen LogP contribution in [0.5, 0.6) is 0 Å². The molecule has 2 N–H and O–H groups in total. The number of nitrogens with one attached hydrogen (secondary N) is 1. The number of hydrogen-bond donors (Lipinski definition) is 2. The number of pyridine rings is 1. The second-order valence-corrected chi connectivity index (χ2v) is 8.25. The number of ether oxygens (including phenoxy) is 1. The number of halogens is 1. The lowest BCUT2D eigenvalue weighted by molar-refractivity contribution is 0.0439. The van der Waals surface area contributed by atoms with Crippen LogP contribution >= 0.6 is 15.9 Å². The van der Waals surface area contributed by atoms with Crippen molar-refractivity contribution in [2.45, 2.75) is 45.6 Å². The van der Waals surface area contributed by atoms with E-state index in [0.717, 1.165) is 22.9 Å². The Morgan fingerprint density at radius 1 is 1.43 bits per heavy atom. The Kier molecular flexibility index (Phi) is 5.68. The molecule has 1 atom stereocenters. The van der Waals surface area contributed by atoms with Crippen molar-refractivity contribution in [3.63, 3.8) is 0 Å². The average Bonchev–Trinajstić information content (AvgIpc) is 3.26.